The molecule has 0 aliphatic rings. The van der Waals surface area contributed by atoms with Crippen molar-refractivity contribution in [2.75, 3.05) is 4.90 Å². The van der Waals surface area contributed by atoms with Crippen LogP contribution in [0.25, 0.3) is 54.7 Å². The van der Waals surface area contributed by atoms with Gasteiger partial charge < -0.3 is 4.42 Å². The molecule has 0 aliphatic heterocycles. The summed E-state index contributed by atoms with van der Waals surface area (Å²) in [6.45, 7) is 4.55. The van der Waals surface area contributed by atoms with Crippen molar-refractivity contribution >= 4 is 55.1 Å². The third-order valence-electron chi connectivity index (χ3n) is 8.66. The summed E-state index contributed by atoms with van der Waals surface area (Å²) in [5, 5.41) is 5.60. The molecule has 0 unspecified atom stereocenters. The van der Waals surface area contributed by atoms with Gasteiger partial charge >= 0.3 is 0 Å². The van der Waals surface area contributed by atoms with E-state index in [2.05, 4.69) is 157 Å². The van der Waals surface area contributed by atoms with E-state index in [0.29, 0.717) is 0 Å². The highest BCUT2D eigenvalue weighted by molar-refractivity contribution is 6.11. The number of rotatable bonds is 8. The Hall–Kier alpha value is -6.19. The third kappa shape index (κ3) is 5.38. The van der Waals surface area contributed by atoms with E-state index in [9.17, 15) is 0 Å². The molecule has 0 fully saturated rings. The molecule has 224 valence electrons. The van der Waals surface area contributed by atoms with Crippen molar-refractivity contribution in [3.05, 3.63) is 188 Å². The van der Waals surface area contributed by atoms with Crippen molar-refractivity contribution in [1.82, 2.24) is 4.98 Å². The molecule has 0 bridgehead atoms. The molecule has 2 heterocycles. The quantitative estimate of drug-likeness (QED) is 0.128. The van der Waals surface area contributed by atoms with Crippen molar-refractivity contribution in [1.29, 1.82) is 0 Å². The Morgan fingerprint density at radius 2 is 1.30 bits per heavy atom. The van der Waals surface area contributed by atoms with Gasteiger partial charge in [0.15, 0.2) is 0 Å². The maximum absolute atomic E-state index is 6.35. The van der Waals surface area contributed by atoms with Crippen molar-refractivity contribution in [3.63, 3.8) is 0 Å². The predicted molar refractivity (Wildman–Crippen MR) is 198 cm³/mol. The molecular formula is C44H32N2O. The van der Waals surface area contributed by atoms with E-state index in [1.54, 1.807) is 0 Å². The number of furan rings is 1. The van der Waals surface area contributed by atoms with Gasteiger partial charge in [-0.1, -0.05) is 146 Å². The van der Waals surface area contributed by atoms with E-state index >= 15 is 0 Å². The molecule has 3 heteroatoms. The van der Waals surface area contributed by atoms with E-state index in [1.165, 1.54) is 5.56 Å². The number of allylic oxidation sites excluding steroid dienone is 4. The Kier molecular flexibility index (Phi) is 7.41. The van der Waals surface area contributed by atoms with Crippen molar-refractivity contribution in [2.24, 2.45) is 0 Å². The first-order valence-electron chi connectivity index (χ1n) is 15.9. The van der Waals surface area contributed by atoms with Crippen molar-refractivity contribution < 1.29 is 4.42 Å². The maximum Gasteiger partial charge on any atom is 0.146 e. The van der Waals surface area contributed by atoms with Crippen LogP contribution in [0, 0.1) is 0 Å². The highest BCUT2D eigenvalue weighted by Gasteiger charge is 2.19. The van der Waals surface area contributed by atoms with Gasteiger partial charge in [0.1, 0.15) is 17.0 Å². The Labute approximate surface area is 274 Å². The molecule has 6 aromatic carbocycles. The summed E-state index contributed by atoms with van der Waals surface area (Å²) in [6.07, 6.45) is 9.23. The number of hydrogen-bond donors (Lipinski definition) is 0. The van der Waals surface area contributed by atoms with Crippen LogP contribution in [0.3, 0.4) is 0 Å². The average Bonchev–Trinajstić information content (AvgIpc) is 3.51. The molecule has 8 aromatic rings. The Morgan fingerprint density at radius 1 is 0.617 bits per heavy atom. The number of para-hydroxylation sites is 3. The minimum Gasteiger partial charge on any atom is -0.455 e. The Bertz CT molecular complexity index is 2450. The zero-order valence-electron chi connectivity index (χ0n) is 25.9. The van der Waals surface area contributed by atoms with Gasteiger partial charge in [0.05, 0.1) is 5.52 Å². The summed E-state index contributed by atoms with van der Waals surface area (Å²) >= 11 is 0. The molecule has 0 N–H and O–H groups in total. The van der Waals surface area contributed by atoms with Crippen molar-refractivity contribution in [3.8, 4) is 11.1 Å². The van der Waals surface area contributed by atoms with Gasteiger partial charge in [-0.05, 0) is 53.3 Å². The molecule has 2 aromatic heterocycles. The number of anilines is 2. The molecule has 0 saturated carbocycles. The van der Waals surface area contributed by atoms with Crippen LogP contribution in [0.1, 0.15) is 5.56 Å². The number of hydrogen-bond acceptors (Lipinski definition) is 3. The van der Waals surface area contributed by atoms with Crippen LogP contribution in [0.2, 0.25) is 0 Å². The van der Waals surface area contributed by atoms with Gasteiger partial charge in [-0.2, -0.15) is 0 Å². The molecular weight excluding hydrogens is 572 g/mol. The van der Waals surface area contributed by atoms with Crippen LogP contribution < -0.4 is 4.90 Å². The van der Waals surface area contributed by atoms with Crippen LogP contribution in [-0.2, 0) is 6.42 Å². The molecule has 0 saturated heterocycles. The fraction of sp³-hybridized carbons (Fsp3) is 0.0227. The summed E-state index contributed by atoms with van der Waals surface area (Å²) in [5.74, 6) is 0.842. The molecule has 0 radical (unpaired) electrons. The highest BCUT2D eigenvalue weighted by Crippen LogP contribution is 2.40. The standard InChI is InChI=1S/C44H32N2O/c1-31(15-4-2-5-16-32-17-6-3-7-18-32)46(44-40-22-9-8-19-36(40)37-20-10-12-25-41(37)45-44)34-29-27-33(28-30-34)35-23-14-24-39-38-21-11-13-26-42(38)47-43(35)39/h2-15,17-30H,1,16H2/b5-2-,15-4-. The first kappa shape index (κ1) is 28.3. The van der Waals surface area contributed by atoms with E-state index in [0.717, 1.165) is 78.4 Å². The van der Waals surface area contributed by atoms with Gasteiger partial charge in [0.2, 0.25) is 0 Å². The molecule has 47 heavy (non-hydrogen) atoms. The molecule has 0 atom stereocenters. The third-order valence-corrected chi connectivity index (χ3v) is 8.66. The summed E-state index contributed by atoms with van der Waals surface area (Å²) in [5.41, 5.74) is 7.95. The number of fused-ring (bicyclic) bond motifs is 6. The first-order chi connectivity index (χ1) is 23.2. The van der Waals surface area contributed by atoms with Crippen LogP contribution in [0.4, 0.5) is 11.5 Å². The average molecular weight is 605 g/mol. The fourth-order valence-electron chi connectivity index (χ4n) is 6.38. The van der Waals surface area contributed by atoms with E-state index < -0.39 is 0 Å². The first-order valence-corrected chi connectivity index (χ1v) is 15.9. The largest absolute Gasteiger partial charge is 0.455 e. The lowest BCUT2D eigenvalue weighted by atomic mass is 10.0. The second-order valence-corrected chi connectivity index (χ2v) is 11.6. The van der Waals surface area contributed by atoms with Gasteiger partial charge in [-0.15, -0.1) is 0 Å². The van der Waals surface area contributed by atoms with E-state index in [-0.39, 0.29) is 0 Å². The highest BCUT2D eigenvalue weighted by atomic mass is 16.3. The lowest BCUT2D eigenvalue weighted by Gasteiger charge is -2.26. The van der Waals surface area contributed by atoms with Gasteiger partial charge in [-0.25, -0.2) is 4.98 Å². The lowest BCUT2D eigenvalue weighted by Crippen LogP contribution is -2.16. The summed E-state index contributed by atoms with van der Waals surface area (Å²) in [7, 11) is 0. The second kappa shape index (κ2) is 12.3. The molecule has 0 aliphatic carbocycles. The monoisotopic (exact) mass is 604 g/mol. The topological polar surface area (TPSA) is 29.3 Å². The molecule has 0 amide bonds. The number of benzene rings is 6. The summed E-state index contributed by atoms with van der Waals surface area (Å²) in [4.78, 5) is 7.38. The number of nitrogens with zero attached hydrogens (tertiary/aromatic N) is 2. The summed E-state index contributed by atoms with van der Waals surface area (Å²) in [6, 6.07) is 50.4. The predicted octanol–water partition coefficient (Wildman–Crippen LogP) is 12.0. The lowest BCUT2D eigenvalue weighted by molar-refractivity contribution is 0.670. The smallest absolute Gasteiger partial charge is 0.146 e. The zero-order chi connectivity index (χ0) is 31.6. The number of aromatic nitrogens is 1. The van der Waals surface area contributed by atoms with Gasteiger partial charge in [0, 0.05) is 38.5 Å². The maximum atomic E-state index is 6.35. The second-order valence-electron chi connectivity index (χ2n) is 11.6. The SMILES string of the molecule is C=C(/C=C\C=C/Cc1ccccc1)N(c1ccc(-c2cccc3c2oc2ccccc23)cc1)c1nc2ccccc2c2ccccc12. The van der Waals surface area contributed by atoms with Crippen LogP contribution in [-0.4, -0.2) is 4.98 Å². The fourth-order valence-corrected chi connectivity index (χ4v) is 6.38. The zero-order valence-corrected chi connectivity index (χ0v) is 25.9. The summed E-state index contributed by atoms with van der Waals surface area (Å²) < 4.78 is 6.35. The van der Waals surface area contributed by atoms with Gasteiger partial charge in [0.25, 0.3) is 0 Å². The van der Waals surface area contributed by atoms with Crippen LogP contribution in [0.15, 0.2) is 187 Å². The molecule has 0 spiro atoms. The normalized spacial score (nSPS) is 11.8. The van der Waals surface area contributed by atoms with Crippen LogP contribution >= 0.6 is 0 Å². The number of pyridine rings is 1. The molecule has 3 nitrogen and oxygen atoms in total. The molecule has 8 rings (SSSR count). The van der Waals surface area contributed by atoms with E-state index in [1.807, 2.05) is 24.3 Å². The minimum absolute atomic E-state index is 0.814. The van der Waals surface area contributed by atoms with Gasteiger partial charge in [-0.3, -0.25) is 4.90 Å². The minimum atomic E-state index is 0.814. The Balaban J connectivity index is 1.21. The Morgan fingerprint density at radius 3 is 2.13 bits per heavy atom. The van der Waals surface area contributed by atoms with Crippen molar-refractivity contribution in [2.45, 2.75) is 6.42 Å². The van der Waals surface area contributed by atoms with Crippen LogP contribution in [0.5, 0.6) is 0 Å². The van der Waals surface area contributed by atoms with E-state index in [4.69, 9.17) is 9.40 Å².